The number of rotatable bonds is 5. The van der Waals surface area contributed by atoms with Crippen molar-refractivity contribution in [1.29, 1.82) is 0 Å². The van der Waals surface area contributed by atoms with Crippen LogP contribution in [0.3, 0.4) is 0 Å². The molecule has 4 nitrogen and oxygen atoms in total. The van der Waals surface area contributed by atoms with Gasteiger partial charge >= 0.3 is 0 Å². The van der Waals surface area contributed by atoms with Crippen molar-refractivity contribution in [3.05, 3.63) is 23.8 Å². The summed E-state index contributed by atoms with van der Waals surface area (Å²) in [6, 6.07) is 8.27. The molecule has 144 valence electrons. The molecule has 26 heavy (non-hydrogen) atoms. The van der Waals surface area contributed by atoms with Gasteiger partial charge in [0.05, 0.1) is 24.1 Å². The molecule has 0 aromatic heterocycles. The molecule has 3 aliphatic rings. The highest BCUT2D eigenvalue weighted by Gasteiger charge is 2.33. The number of fused-ring (bicyclic) bond motifs is 1. The van der Waals surface area contributed by atoms with Crippen LogP contribution in [-0.4, -0.2) is 49.5 Å². The number of piperidine rings is 1. The van der Waals surface area contributed by atoms with Crippen LogP contribution >= 0.6 is 0 Å². The molecular formula is C22H35N3O. The Kier molecular flexibility index (Phi) is 5.70. The molecule has 0 unspecified atom stereocenters. The number of benzene rings is 1. The lowest BCUT2D eigenvalue weighted by Gasteiger charge is -2.43. The zero-order chi connectivity index (χ0) is 17.9. The van der Waals surface area contributed by atoms with Gasteiger partial charge in [0.15, 0.2) is 0 Å². The van der Waals surface area contributed by atoms with E-state index in [9.17, 15) is 0 Å². The van der Waals surface area contributed by atoms with Gasteiger partial charge in [0.2, 0.25) is 0 Å². The lowest BCUT2D eigenvalue weighted by atomic mass is 9.90. The Balaban J connectivity index is 1.27. The van der Waals surface area contributed by atoms with E-state index in [1.165, 1.54) is 68.6 Å². The number of ether oxygens (including phenoxy) is 1. The van der Waals surface area contributed by atoms with Gasteiger partial charge in [-0.2, -0.15) is 0 Å². The van der Waals surface area contributed by atoms with E-state index in [4.69, 9.17) is 4.74 Å². The summed E-state index contributed by atoms with van der Waals surface area (Å²) in [5.74, 6) is 0. The van der Waals surface area contributed by atoms with Crippen LogP contribution in [-0.2, 0) is 4.74 Å². The highest BCUT2D eigenvalue weighted by Crippen LogP contribution is 2.36. The highest BCUT2D eigenvalue weighted by atomic mass is 16.5. The third-order valence-electron chi connectivity index (χ3n) is 6.56. The number of likely N-dealkylation sites (tertiary alicyclic amines) is 1. The average molecular weight is 358 g/mol. The molecule has 0 atom stereocenters. The predicted molar refractivity (Wildman–Crippen MR) is 109 cm³/mol. The predicted octanol–water partition coefficient (Wildman–Crippen LogP) is 4.39. The Labute approximate surface area is 158 Å². The number of nitrogens with zero attached hydrogens (tertiary/aromatic N) is 2. The summed E-state index contributed by atoms with van der Waals surface area (Å²) in [6.07, 6.45) is 9.42. The van der Waals surface area contributed by atoms with E-state index in [1.807, 2.05) is 0 Å². The second kappa shape index (κ2) is 8.18. The molecule has 2 aliphatic heterocycles. The standard InChI is InChI=1S/C22H35N3O/c1-3-14-26-20-7-5-18(6-8-20)24-12-10-19(11-13-24)25-16-23-21-9-4-17(2)15-22(21)25/h4,9,15,18-20,23H,3,5-8,10-14,16H2,1-2H3. The van der Waals surface area contributed by atoms with Gasteiger partial charge in [-0.15, -0.1) is 0 Å². The Morgan fingerprint density at radius 1 is 1.04 bits per heavy atom. The van der Waals surface area contributed by atoms with Crippen LogP contribution in [0, 0.1) is 6.92 Å². The van der Waals surface area contributed by atoms with E-state index in [2.05, 4.69) is 47.2 Å². The largest absolute Gasteiger partial charge is 0.378 e. The quantitative estimate of drug-likeness (QED) is 0.846. The minimum Gasteiger partial charge on any atom is -0.378 e. The fourth-order valence-electron chi connectivity index (χ4n) is 5.03. The van der Waals surface area contributed by atoms with Crippen LogP contribution in [0.4, 0.5) is 11.4 Å². The van der Waals surface area contributed by atoms with Gasteiger partial charge < -0.3 is 19.9 Å². The van der Waals surface area contributed by atoms with Gasteiger partial charge in [0.25, 0.3) is 0 Å². The second-order valence-corrected chi connectivity index (χ2v) is 8.39. The van der Waals surface area contributed by atoms with Gasteiger partial charge in [-0.05, 0) is 69.6 Å². The van der Waals surface area contributed by atoms with Crippen molar-refractivity contribution < 1.29 is 4.74 Å². The van der Waals surface area contributed by atoms with Crippen LogP contribution in [0.1, 0.15) is 57.4 Å². The van der Waals surface area contributed by atoms with E-state index >= 15 is 0 Å². The van der Waals surface area contributed by atoms with E-state index in [0.29, 0.717) is 12.1 Å². The third-order valence-corrected chi connectivity index (χ3v) is 6.56. The first kappa shape index (κ1) is 18.1. The second-order valence-electron chi connectivity index (χ2n) is 8.39. The zero-order valence-electron chi connectivity index (χ0n) is 16.5. The number of anilines is 2. The van der Waals surface area contributed by atoms with Crippen molar-refractivity contribution in [3.63, 3.8) is 0 Å². The highest BCUT2D eigenvalue weighted by molar-refractivity contribution is 5.75. The molecule has 1 saturated heterocycles. The van der Waals surface area contributed by atoms with Crippen molar-refractivity contribution in [2.75, 3.05) is 36.6 Å². The summed E-state index contributed by atoms with van der Waals surface area (Å²) in [7, 11) is 0. The first-order chi connectivity index (χ1) is 12.7. The smallest absolute Gasteiger partial charge is 0.0880 e. The summed E-state index contributed by atoms with van der Waals surface area (Å²) in [5.41, 5.74) is 4.08. The molecule has 0 amide bonds. The number of aryl methyl sites for hydroxylation is 1. The molecule has 1 saturated carbocycles. The Hall–Kier alpha value is -1.26. The van der Waals surface area contributed by atoms with Gasteiger partial charge in [-0.3, -0.25) is 0 Å². The SMILES string of the molecule is CCCOC1CCC(N2CCC(N3CNc4ccc(C)cc43)CC2)CC1. The maximum absolute atomic E-state index is 5.96. The molecule has 1 aliphatic carbocycles. The number of nitrogens with one attached hydrogen (secondary N) is 1. The van der Waals surface area contributed by atoms with Crippen molar-refractivity contribution in [3.8, 4) is 0 Å². The fraction of sp³-hybridized carbons (Fsp3) is 0.727. The van der Waals surface area contributed by atoms with Crippen LogP contribution in [0.15, 0.2) is 18.2 Å². The summed E-state index contributed by atoms with van der Waals surface area (Å²) < 4.78 is 5.96. The van der Waals surface area contributed by atoms with Crippen LogP contribution in [0.25, 0.3) is 0 Å². The normalized spacial score (nSPS) is 27.4. The van der Waals surface area contributed by atoms with Crippen LogP contribution in [0.5, 0.6) is 0 Å². The molecule has 0 spiro atoms. The van der Waals surface area contributed by atoms with Gasteiger partial charge in [0.1, 0.15) is 0 Å². The number of hydrogen-bond acceptors (Lipinski definition) is 4. The Morgan fingerprint density at radius 3 is 2.54 bits per heavy atom. The van der Waals surface area contributed by atoms with E-state index in [0.717, 1.165) is 25.7 Å². The Bertz CT molecular complexity index is 589. The maximum atomic E-state index is 5.96. The van der Waals surface area contributed by atoms with E-state index < -0.39 is 0 Å². The molecular weight excluding hydrogens is 322 g/mol. The first-order valence-corrected chi connectivity index (χ1v) is 10.7. The molecule has 1 N–H and O–H groups in total. The molecule has 2 heterocycles. The van der Waals surface area contributed by atoms with Gasteiger partial charge in [-0.25, -0.2) is 0 Å². The van der Waals surface area contributed by atoms with Gasteiger partial charge in [-0.1, -0.05) is 13.0 Å². The molecule has 1 aromatic rings. The summed E-state index contributed by atoms with van der Waals surface area (Å²) in [4.78, 5) is 5.38. The lowest BCUT2D eigenvalue weighted by Crippen LogP contribution is -2.49. The molecule has 2 fully saturated rings. The van der Waals surface area contributed by atoms with Crippen molar-refractivity contribution in [2.24, 2.45) is 0 Å². The monoisotopic (exact) mass is 357 g/mol. The van der Waals surface area contributed by atoms with Crippen LogP contribution < -0.4 is 10.2 Å². The van der Waals surface area contributed by atoms with Crippen molar-refractivity contribution >= 4 is 11.4 Å². The van der Waals surface area contributed by atoms with Gasteiger partial charge in [0, 0.05) is 31.8 Å². The van der Waals surface area contributed by atoms with Crippen molar-refractivity contribution in [1.82, 2.24) is 4.90 Å². The summed E-state index contributed by atoms with van der Waals surface area (Å²) in [5, 5.41) is 3.57. The molecule has 0 bridgehead atoms. The summed E-state index contributed by atoms with van der Waals surface area (Å²) in [6.45, 7) is 8.82. The topological polar surface area (TPSA) is 27.7 Å². The zero-order valence-corrected chi connectivity index (χ0v) is 16.5. The molecule has 4 heteroatoms. The maximum Gasteiger partial charge on any atom is 0.0880 e. The molecule has 1 aromatic carbocycles. The molecule has 0 radical (unpaired) electrons. The fourth-order valence-corrected chi connectivity index (χ4v) is 5.03. The summed E-state index contributed by atoms with van der Waals surface area (Å²) >= 11 is 0. The van der Waals surface area contributed by atoms with Crippen LogP contribution in [0.2, 0.25) is 0 Å². The average Bonchev–Trinajstić information content (AvgIpc) is 3.10. The minimum absolute atomic E-state index is 0.527. The lowest BCUT2D eigenvalue weighted by molar-refractivity contribution is 0.00388. The third kappa shape index (κ3) is 3.86. The van der Waals surface area contributed by atoms with E-state index in [1.54, 1.807) is 0 Å². The molecule has 4 rings (SSSR count). The van der Waals surface area contributed by atoms with E-state index in [-0.39, 0.29) is 0 Å². The van der Waals surface area contributed by atoms with Crippen molar-refractivity contribution in [2.45, 2.75) is 77.0 Å². The number of hydrogen-bond donors (Lipinski definition) is 1. The first-order valence-electron chi connectivity index (χ1n) is 10.7. The minimum atomic E-state index is 0.527. The Morgan fingerprint density at radius 2 is 1.81 bits per heavy atom.